The third-order valence-electron chi connectivity index (χ3n) is 3.29. The Hall–Kier alpha value is -3.11. The largest absolute Gasteiger partial charge is 0.493 e. The molecule has 2 rings (SSSR count). The van der Waals surface area contributed by atoms with Crippen molar-refractivity contribution in [3.63, 3.8) is 0 Å². The van der Waals surface area contributed by atoms with Crippen molar-refractivity contribution in [2.24, 2.45) is 0 Å². The predicted octanol–water partition coefficient (Wildman–Crippen LogP) is 1.44. The number of methoxy groups -OCH3 is 2. The van der Waals surface area contributed by atoms with Crippen LogP contribution in [0.25, 0.3) is 0 Å². The zero-order valence-electron chi connectivity index (χ0n) is 15.4. The summed E-state index contributed by atoms with van der Waals surface area (Å²) in [4.78, 5) is 30.7. The minimum atomic E-state index is -1.82. The highest BCUT2D eigenvalue weighted by Crippen LogP contribution is 2.27. The summed E-state index contributed by atoms with van der Waals surface area (Å²) in [6, 6.07) is 9.50. The first kappa shape index (κ1) is 22.9. The highest BCUT2D eigenvalue weighted by Gasteiger charge is 2.06. The number of nitrogens with one attached hydrogen (secondary N) is 2. The number of hydrogen-bond donors (Lipinski definition) is 4. The van der Waals surface area contributed by atoms with Gasteiger partial charge in [-0.3, -0.25) is 4.79 Å². The van der Waals surface area contributed by atoms with Crippen molar-refractivity contribution in [1.29, 1.82) is 0 Å². The van der Waals surface area contributed by atoms with E-state index in [4.69, 9.17) is 29.3 Å². The van der Waals surface area contributed by atoms with Crippen molar-refractivity contribution in [1.82, 2.24) is 10.6 Å². The molecule has 0 spiro atoms. The van der Waals surface area contributed by atoms with Crippen molar-refractivity contribution < 1.29 is 34.1 Å². The van der Waals surface area contributed by atoms with E-state index in [0.29, 0.717) is 25.4 Å². The van der Waals surface area contributed by atoms with Crippen LogP contribution < -0.4 is 20.1 Å². The average molecular weight is 410 g/mol. The molecule has 1 aromatic carbocycles. The number of amides is 1. The molecule has 0 aliphatic carbocycles. The maximum Gasteiger partial charge on any atom is 0.414 e. The minimum absolute atomic E-state index is 0.0251. The second-order valence-corrected chi connectivity index (χ2v) is 6.16. The van der Waals surface area contributed by atoms with Crippen LogP contribution in [0.1, 0.15) is 15.2 Å². The summed E-state index contributed by atoms with van der Waals surface area (Å²) < 4.78 is 10.5. The van der Waals surface area contributed by atoms with Gasteiger partial charge in [0.25, 0.3) is 5.91 Å². The van der Waals surface area contributed by atoms with Gasteiger partial charge in [0.05, 0.1) is 19.1 Å². The standard InChI is InChI=1S/C16H20N2O3S.C2H2O4/c1-20-13-6-5-12(10-14(13)21-2)11-17-7-8-18-16(19)15-4-3-9-22-15;3-1(4)2(5)6/h3-6,9-10,17H,7-8,11H2,1-2H3,(H,18,19);(H,3,4)(H,5,6). The topological polar surface area (TPSA) is 134 Å². The Labute approximate surface area is 165 Å². The summed E-state index contributed by atoms with van der Waals surface area (Å²) in [5, 5.41) is 22.8. The summed E-state index contributed by atoms with van der Waals surface area (Å²) in [5.74, 6) is -2.24. The van der Waals surface area contributed by atoms with E-state index in [2.05, 4.69) is 10.6 Å². The molecular weight excluding hydrogens is 388 g/mol. The molecule has 0 fully saturated rings. The monoisotopic (exact) mass is 410 g/mol. The molecule has 2 aromatic rings. The first-order valence-corrected chi connectivity index (χ1v) is 8.96. The Morgan fingerprint density at radius 3 is 2.21 bits per heavy atom. The molecule has 28 heavy (non-hydrogen) atoms. The van der Waals surface area contributed by atoms with E-state index >= 15 is 0 Å². The van der Waals surface area contributed by atoms with Crippen molar-refractivity contribution in [2.75, 3.05) is 27.3 Å². The fourth-order valence-electron chi connectivity index (χ4n) is 1.98. The number of carboxylic acids is 2. The first-order chi connectivity index (χ1) is 13.4. The van der Waals surface area contributed by atoms with Gasteiger partial charge in [-0.2, -0.15) is 0 Å². The Morgan fingerprint density at radius 1 is 1.00 bits per heavy atom. The lowest BCUT2D eigenvalue weighted by molar-refractivity contribution is -0.159. The van der Waals surface area contributed by atoms with Crippen LogP contribution >= 0.6 is 11.3 Å². The van der Waals surface area contributed by atoms with Crippen LogP contribution in [0.2, 0.25) is 0 Å². The van der Waals surface area contributed by atoms with Crippen LogP contribution in [0.3, 0.4) is 0 Å². The molecule has 4 N–H and O–H groups in total. The molecule has 0 bridgehead atoms. The Bertz CT molecular complexity index is 766. The van der Waals surface area contributed by atoms with E-state index in [1.54, 1.807) is 14.2 Å². The van der Waals surface area contributed by atoms with Gasteiger partial charge < -0.3 is 30.3 Å². The summed E-state index contributed by atoms with van der Waals surface area (Å²) in [7, 11) is 3.24. The van der Waals surface area contributed by atoms with Gasteiger partial charge in [-0.1, -0.05) is 12.1 Å². The molecule has 9 nitrogen and oxygen atoms in total. The number of carbonyl (C=O) groups is 3. The van der Waals surface area contributed by atoms with Crippen LogP contribution in [-0.2, 0) is 16.1 Å². The van der Waals surface area contributed by atoms with Gasteiger partial charge in [0.15, 0.2) is 11.5 Å². The van der Waals surface area contributed by atoms with Gasteiger partial charge in [0.1, 0.15) is 0 Å². The minimum Gasteiger partial charge on any atom is -0.493 e. The van der Waals surface area contributed by atoms with Gasteiger partial charge in [-0.05, 0) is 29.1 Å². The summed E-state index contributed by atoms with van der Waals surface area (Å²) in [5.41, 5.74) is 1.10. The summed E-state index contributed by atoms with van der Waals surface area (Å²) in [6.07, 6.45) is 0. The zero-order valence-corrected chi connectivity index (χ0v) is 16.2. The van der Waals surface area contributed by atoms with Crippen molar-refractivity contribution in [3.05, 3.63) is 46.2 Å². The van der Waals surface area contributed by atoms with Crippen LogP contribution in [0.5, 0.6) is 11.5 Å². The zero-order chi connectivity index (χ0) is 20.9. The summed E-state index contributed by atoms with van der Waals surface area (Å²) >= 11 is 1.44. The molecule has 0 atom stereocenters. The van der Waals surface area contributed by atoms with E-state index < -0.39 is 11.9 Å². The number of carbonyl (C=O) groups excluding carboxylic acids is 1. The number of aliphatic carboxylic acids is 2. The van der Waals surface area contributed by atoms with E-state index in [9.17, 15) is 4.79 Å². The fourth-order valence-corrected chi connectivity index (χ4v) is 2.62. The summed E-state index contributed by atoms with van der Waals surface area (Å²) in [6.45, 7) is 1.99. The molecule has 0 radical (unpaired) electrons. The second-order valence-electron chi connectivity index (χ2n) is 5.21. The number of thiophene rings is 1. The van der Waals surface area contributed by atoms with Gasteiger partial charge in [-0.25, -0.2) is 9.59 Å². The van der Waals surface area contributed by atoms with Crippen LogP contribution in [0, 0.1) is 0 Å². The number of ether oxygens (including phenoxy) is 2. The SMILES string of the molecule is COc1ccc(CNCCNC(=O)c2cccs2)cc1OC.O=C(O)C(=O)O. The maximum atomic E-state index is 11.7. The van der Waals surface area contributed by atoms with E-state index in [0.717, 1.165) is 16.2 Å². The van der Waals surface area contributed by atoms with Crippen LogP contribution in [-0.4, -0.2) is 55.4 Å². The molecule has 152 valence electrons. The number of hydrogen-bond acceptors (Lipinski definition) is 7. The maximum absolute atomic E-state index is 11.7. The Kier molecular flexibility index (Phi) is 10.1. The molecule has 0 aliphatic rings. The van der Waals surface area contributed by atoms with Crippen molar-refractivity contribution in [3.8, 4) is 11.5 Å². The van der Waals surface area contributed by atoms with Gasteiger partial charge in [0.2, 0.25) is 0 Å². The number of benzene rings is 1. The quantitative estimate of drug-likeness (QED) is 0.379. The number of carboxylic acid groups (broad SMARTS) is 2. The molecule has 1 aromatic heterocycles. The molecule has 1 amide bonds. The number of rotatable bonds is 8. The van der Waals surface area contributed by atoms with Gasteiger partial charge in [0, 0.05) is 19.6 Å². The second kappa shape index (κ2) is 12.3. The molecule has 10 heteroatoms. The lowest BCUT2D eigenvalue weighted by Gasteiger charge is -2.10. The fraction of sp³-hybridized carbons (Fsp3) is 0.278. The lowest BCUT2D eigenvalue weighted by atomic mass is 10.2. The van der Waals surface area contributed by atoms with Gasteiger partial charge >= 0.3 is 11.9 Å². The highest BCUT2D eigenvalue weighted by molar-refractivity contribution is 7.12. The van der Waals surface area contributed by atoms with Crippen LogP contribution in [0.4, 0.5) is 0 Å². The van der Waals surface area contributed by atoms with E-state index in [-0.39, 0.29) is 5.91 Å². The van der Waals surface area contributed by atoms with E-state index in [1.807, 2.05) is 35.7 Å². The molecular formula is C18H22N2O7S. The van der Waals surface area contributed by atoms with Crippen molar-refractivity contribution >= 4 is 29.2 Å². The third-order valence-corrected chi connectivity index (χ3v) is 4.16. The van der Waals surface area contributed by atoms with Crippen LogP contribution in [0.15, 0.2) is 35.7 Å². The Balaban J connectivity index is 0.000000568. The molecule has 1 heterocycles. The third kappa shape index (κ3) is 8.06. The predicted molar refractivity (Wildman–Crippen MR) is 103 cm³/mol. The first-order valence-electron chi connectivity index (χ1n) is 8.08. The smallest absolute Gasteiger partial charge is 0.414 e. The van der Waals surface area contributed by atoms with E-state index in [1.165, 1.54) is 11.3 Å². The normalized spacial score (nSPS) is 9.64. The van der Waals surface area contributed by atoms with Crippen molar-refractivity contribution in [2.45, 2.75) is 6.54 Å². The highest BCUT2D eigenvalue weighted by atomic mass is 32.1. The Morgan fingerprint density at radius 2 is 1.68 bits per heavy atom. The average Bonchev–Trinajstić information content (AvgIpc) is 3.22. The molecule has 0 unspecified atom stereocenters. The molecule has 0 saturated carbocycles. The van der Waals surface area contributed by atoms with Gasteiger partial charge in [-0.15, -0.1) is 11.3 Å². The molecule has 0 aliphatic heterocycles. The molecule has 0 saturated heterocycles. The lowest BCUT2D eigenvalue weighted by Crippen LogP contribution is -2.31.